The fraction of sp³-hybridized carbons (Fsp3) is 0.273. The lowest BCUT2D eigenvalue weighted by Crippen LogP contribution is -2.62. The number of anilines is 2. The van der Waals surface area contributed by atoms with Crippen molar-refractivity contribution in [2.45, 2.75) is 25.3 Å². The largest absolute Gasteiger partial charge is 0.497 e. The quantitative estimate of drug-likeness (QED) is 0.709. The van der Waals surface area contributed by atoms with E-state index >= 15 is 0 Å². The maximum Gasteiger partial charge on any atom is 0.264 e. The Balaban J connectivity index is 1.73. The number of ether oxygens (including phenoxy) is 2. The lowest BCUT2D eigenvalue weighted by Gasteiger charge is -2.38. The Hall–Kier alpha value is -3.88. The summed E-state index contributed by atoms with van der Waals surface area (Å²) in [4.78, 5) is 51.6. The number of hydrogen-bond donors (Lipinski definition) is 2. The third-order valence-electron chi connectivity index (χ3n) is 5.67. The highest BCUT2D eigenvalue weighted by Crippen LogP contribution is 2.39. The van der Waals surface area contributed by atoms with Crippen molar-refractivity contribution in [3.05, 3.63) is 47.5 Å². The number of amides is 4. The van der Waals surface area contributed by atoms with Crippen LogP contribution in [0.4, 0.5) is 11.4 Å². The first-order valence-electron chi connectivity index (χ1n) is 9.65. The van der Waals surface area contributed by atoms with Crippen LogP contribution in [-0.2, 0) is 9.59 Å². The molecule has 2 N–H and O–H groups in total. The molecule has 0 aromatic heterocycles. The Morgan fingerprint density at radius 1 is 1.00 bits per heavy atom. The second-order valence-corrected chi connectivity index (χ2v) is 7.52. The molecule has 0 saturated carbocycles. The van der Waals surface area contributed by atoms with E-state index < -0.39 is 29.2 Å². The SMILES string of the molecule is COc1ccc(Nc2cccc3c2C(=O)N([C@@]2(C)CCC(=O)NC2=O)C3=O)c(OC)c1. The van der Waals surface area contributed by atoms with Gasteiger partial charge in [0.25, 0.3) is 17.7 Å². The van der Waals surface area contributed by atoms with Crippen LogP contribution in [0.5, 0.6) is 11.5 Å². The van der Waals surface area contributed by atoms with Gasteiger partial charge in [-0.15, -0.1) is 0 Å². The number of nitrogens with zero attached hydrogens (tertiary/aromatic N) is 1. The summed E-state index contributed by atoms with van der Waals surface area (Å²) in [6.45, 7) is 1.50. The van der Waals surface area contributed by atoms with Gasteiger partial charge in [0.15, 0.2) is 0 Å². The molecule has 0 spiro atoms. The normalized spacial score (nSPS) is 20.4. The van der Waals surface area contributed by atoms with Crippen LogP contribution in [0.1, 0.15) is 40.5 Å². The van der Waals surface area contributed by atoms with Crippen molar-refractivity contribution in [1.29, 1.82) is 0 Å². The summed E-state index contributed by atoms with van der Waals surface area (Å²) in [5.41, 5.74) is -0.124. The van der Waals surface area contributed by atoms with Gasteiger partial charge in [-0.2, -0.15) is 0 Å². The van der Waals surface area contributed by atoms with Crippen LogP contribution < -0.4 is 20.1 Å². The second-order valence-electron chi connectivity index (χ2n) is 7.52. The molecule has 9 heteroatoms. The minimum atomic E-state index is -1.45. The first-order chi connectivity index (χ1) is 14.8. The van der Waals surface area contributed by atoms with Crippen LogP contribution in [0, 0.1) is 0 Å². The summed E-state index contributed by atoms with van der Waals surface area (Å²) in [5, 5.41) is 5.37. The second kappa shape index (κ2) is 7.42. The van der Waals surface area contributed by atoms with Gasteiger partial charge in [-0.3, -0.25) is 29.4 Å². The van der Waals surface area contributed by atoms with Crippen molar-refractivity contribution in [1.82, 2.24) is 10.2 Å². The molecule has 0 aliphatic carbocycles. The van der Waals surface area contributed by atoms with Crippen molar-refractivity contribution in [3.63, 3.8) is 0 Å². The summed E-state index contributed by atoms with van der Waals surface area (Å²) in [7, 11) is 3.05. The minimum Gasteiger partial charge on any atom is -0.497 e. The molecule has 1 saturated heterocycles. The smallest absolute Gasteiger partial charge is 0.264 e. The van der Waals surface area contributed by atoms with Crippen LogP contribution in [0.3, 0.4) is 0 Å². The minimum absolute atomic E-state index is 0.0454. The summed E-state index contributed by atoms with van der Waals surface area (Å²) in [6.07, 6.45) is 0.113. The molecule has 2 aromatic rings. The molecule has 1 atom stereocenters. The van der Waals surface area contributed by atoms with Gasteiger partial charge in [0.05, 0.1) is 36.7 Å². The van der Waals surface area contributed by atoms with E-state index in [1.807, 2.05) is 0 Å². The van der Waals surface area contributed by atoms with Crippen LogP contribution in [0.2, 0.25) is 0 Å². The van der Waals surface area contributed by atoms with Crippen LogP contribution in [-0.4, -0.2) is 48.3 Å². The zero-order valence-electron chi connectivity index (χ0n) is 17.3. The number of hydrogen-bond acceptors (Lipinski definition) is 7. The Labute approximate surface area is 178 Å². The monoisotopic (exact) mass is 423 g/mol. The Kier molecular flexibility index (Phi) is 4.88. The highest BCUT2D eigenvalue weighted by Gasteiger charge is 2.53. The highest BCUT2D eigenvalue weighted by atomic mass is 16.5. The molecular formula is C22H21N3O6. The first-order valence-corrected chi connectivity index (χ1v) is 9.65. The standard InChI is InChI=1S/C22H21N3O6/c1-22(10-9-17(26)24-21(22)29)25-19(27)13-5-4-6-15(18(13)20(25)28)23-14-8-7-12(30-2)11-16(14)31-3/h4-8,11,23H,9-10H2,1-3H3,(H,24,26,29)/t22-/m0/s1. The molecule has 160 valence electrons. The van der Waals surface area contributed by atoms with Crippen molar-refractivity contribution in [3.8, 4) is 11.5 Å². The predicted molar refractivity (Wildman–Crippen MR) is 111 cm³/mol. The number of fused-ring (bicyclic) bond motifs is 1. The van der Waals surface area contributed by atoms with Gasteiger partial charge in [0.1, 0.15) is 17.0 Å². The van der Waals surface area contributed by atoms with Crippen molar-refractivity contribution < 1.29 is 28.7 Å². The summed E-state index contributed by atoms with van der Waals surface area (Å²) < 4.78 is 10.6. The molecular weight excluding hydrogens is 402 g/mol. The van der Waals surface area contributed by atoms with Crippen molar-refractivity contribution in [2.75, 3.05) is 19.5 Å². The van der Waals surface area contributed by atoms with Gasteiger partial charge in [0.2, 0.25) is 5.91 Å². The Bertz CT molecular complexity index is 1130. The lowest BCUT2D eigenvalue weighted by molar-refractivity contribution is -0.140. The van der Waals surface area contributed by atoms with E-state index in [1.54, 1.807) is 43.5 Å². The van der Waals surface area contributed by atoms with Crippen molar-refractivity contribution in [2.24, 2.45) is 0 Å². The third-order valence-corrected chi connectivity index (χ3v) is 5.67. The Morgan fingerprint density at radius 2 is 1.77 bits per heavy atom. The van der Waals surface area contributed by atoms with Gasteiger partial charge in [0, 0.05) is 12.5 Å². The fourth-order valence-electron chi connectivity index (χ4n) is 3.89. The first kappa shape index (κ1) is 20.4. The van der Waals surface area contributed by atoms with Crippen LogP contribution in [0.25, 0.3) is 0 Å². The average molecular weight is 423 g/mol. The molecule has 0 radical (unpaired) electrons. The number of benzene rings is 2. The van der Waals surface area contributed by atoms with E-state index in [-0.39, 0.29) is 24.0 Å². The Morgan fingerprint density at radius 3 is 2.45 bits per heavy atom. The average Bonchev–Trinajstić information content (AvgIpc) is 3.03. The van der Waals surface area contributed by atoms with Gasteiger partial charge in [-0.25, -0.2) is 0 Å². The lowest BCUT2D eigenvalue weighted by atomic mass is 9.89. The number of nitrogens with one attached hydrogen (secondary N) is 2. The maximum atomic E-state index is 13.4. The molecule has 2 heterocycles. The van der Waals surface area contributed by atoms with Crippen LogP contribution >= 0.6 is 0 Å². The summed E-state index contributed by atoms with van der Waals surface area (Å²) in [6, 6.07) is 10.0. The number of rotatable bonds is 5. The molecule has 1 fully saturated rings. The van der Waals surface area contributed by atoms with Gasteiger partial charge in [-0.05, 0) is 37.6 Å². The van der Waals surface area contributed by atoms with E-state index in [2.05, 4.69) is 10.6 Å². The molecule has 31 heavy (non-hydrogen) atoms. The number of methoxy groups -OCH3 is 2. The molecule has 0 unspecified atom stereocenters. The molecule has 2 aromatic carbocycles. The van der Waals surface area contributed by atoms with Gasteiger partial charge < -0.3 is 14.8 Å². The van der Waals surface area contributed by atoms with Gasteiger partial charge >= 0.3 is 0 Å². The maximum absolute atomic E-state index is 13.4. The molecule has 4 rings (SSSR count). The zero-order chi connectivity index (χ0) is 22.3. The van der Waals surface area contributed by atoms with E-state index in [0.717, 1.165) is 4.90 Å². The van der Waals surface area contributed by atoms with E-state index in [1.165, 1.54) is 14.0 Å². The van der Waals surface area contributed by atoms with Crippen LogP contribution in [0.15, 0.2) is 36.4 Å². The molecule has 4 amide bonds. The van der Waals surface area contributed by atoms with E-state index in [9.17, 15) is 19.2 Å². The highest BCUT2D eigenvalue weighted by molar-refractivity contribution is 6.26. The number of carbonyl (C=O) groups is 4. The zero-order valence-corrected chi connectivity index (χ0v) is 17.3. The van der Waals surface area contributed by atoms with Gasteiger partial charge in [-0.1, -0.05) is 6.07 Å². The molecule has 2 aliphatic rings. The fourth-order valence-corrected chi connectivity index (χ4v) is 3.89. The summed E-state index contributed by atoms with van der Waals surface area (Å²) in [5.74, 6) is -1.16. The predicted octanol–water partition coefficient (Wildman–Crippen LogP) is 2.24. The molecule has 0 bridgehead atoms. The van der Waals surface area contributed by atoms with E-state index in [0.29, 0.717) is 22.9 Å². The number of imide groups is 2. The topological polar surface area (TPSA) is 114 Å². The number of carbonyl (C=O) groups excluding carboxylic acids is 4. The molecule has 2 aliphatic heterocycles. The number of piperidine rings is 1. The van der Waals surface area contributed by atoms with E-state index in [4.69, 9.17) is 9.47 Å². The van der Waals surface area contributed by atoms with Crippen molar-refractivity contribution >= 4 is 35.0 Å². The molecule has 9 nitrogen and oxygen atoms in total. The third kappa shape index (κ3) is 3.18. The summed E-state index contributed by atoms with van der Waals surface area (Å²) >= 11 is 0.